The van der Waals surface area contributed by atoms with Crippen LogP contribution in [0.3, 0.4) is 0 Å². The van der Waals surface area contributed by atoms with E-state index in [2.05, 4.69) is 15.5 Å². The third-order valence-corrected chi connectivity index (χ3v) is 7.55. The molecule has 182 valence electrons. The Morgan fingerprint density at radius 2 is 1.73 bits per heavy atom. The van der Waals surface area contributed by atoms with E-state index in [-0.39, 0.29) is 18.0 Å². The summed E-state index contributed by atoms with van der Waals surface area (Å²) in [6.45, 7) is 7.95. The molecule has 0 bridgehead atoms. The molecule has 0 atom stereocenters. The average molecular weight is 477 g/mol. The maximum Gasteiger partial charge on any atom is 0.315 e. The summed E-state index contributed by atoms with van der Waals surface area (Å²) < 4.78 is 0. The fraction of sp³-hybridized carbons (Fsp3) is 0.680. The molecule has 1 heterocycles. The van der Waals surface area contributed by atoms with Crippen molar-refractivity contribution in [3.05, 3.63) is 34.9 Å². The maximum absolute atomic E-state index is 12.7. The van der Waals surface area contributed by atoms with Crippen LogP contribution >= 0.6 is 11.6 Å². The van der Waals surface area contributed by atoms with E-state index in [1.807, 2.05) is 43.0 Å². The summed E-state index contributed by atoms with van der Waals surface area (Å²) >= 11 is 5.89. The summed E-state index contributed by atoms with van der Waals surface area (Å²) in [5, 5.41) is 16.6. The number of aliphatic hydroxyl groups is 1. The van der Waals surface area contributed by atoms with Crippen molar-refractivity contribution in [2.45, 2.75) is 64.1 Å². The van der Waals surface area contributed by atoms with Crippen molar-refractivity contribution in [1.82, 2.24) is 20.4 Å². The Morgan fingerprint density at radius 1 is 1.09 bits per heavy atom. The monoisotopic (exact) mass is 476 g/mol. The summed E-state index contributed by atoms with van der Waals surface area (Å²) in [4.78, 5) is 29.1. The Morgan fingerprint density at radius 3 is 2.33 bits per heavy atom. The molecular formula is C25H37ClN4O3. The number of amides is 3. The molecule has 33 heavy (non-hydrogen) atoms. The van der Waals surface area contributed by atoms with E-state index in [4.69, 9.17) is 11.6 Å². The second kappa shape index (κ2) is 9.80. The zero-order chi connectivity index (χ0) is 23.6. The molecule has 1 aromatic rings. The lowest BCUT2D eigenvalue weighted by Crippen LogP contribution is -2.58. The highest BCUT2D eigenvalue weighted by Crippen LogP contribution is 2.59. The Labute approximate surface area is 201 Å². The molecule has 3 N–H and O–H groups in total. The first-order valence-electron chi connectivity index (χ1n) is 12.1. The van der Waals surface area contributed by atoms with Gasteiger partial charge in [0.25, 0.3) is 0 Å². The van der Waals surface area contributed by atoms with Gasteiger partial charge in [-0.15, -0.1) is 0 Å². The molecule has 2 aliphatic carbocycles. The number of hydrogen-bond donors (Lipinski definition) is 3. The van der Waals surface area contributed by atoms with Gasteiger partial charge in [0.15, 0.2) is 0 Å². The minimum Gasteiger partial charge on any atom is -0.389 e. The molecule has 0 unspecified atom stereocenters. The average Bonchev–Trinajstić information content (AvgIpc) is 2.69. The van der Waals surface area contributed by atoms with Gasteiger partial charge in [-0.3, -0.25) is 9.69 Å². The standard InChI is InChI=1S/C25H37ClN4O3/c1-24(2,33)17-29-7-9-30(10-8-29)22(31)11-19-12-25(13-19)14-21(15-25)28-23(32)27-16-18-3-5-20(26)6-4-18/h3-6,19,21,33H,7-17H2,1-2H3,(H2,27,28,32). The van der Waals surface area contributed by atoms with Crippen LogP contribution in [0.1, 0.15) is 51.5 Å². The first-order chi connectivity index (χ1) is 15.6. The number of carbonyl (C=O) groups excluding carboxylic acids is 2. The molecule has 1 spiro atoms. The van der Waals surface area contributed by atoms with Gasteiger partial charge in [-0.2, -0.15) is 0 Å². The number of rotatable bonds is 7. The number of benzene rings is 1. The Balaban J connectivity index is 1.09. The van der Waals surface area contributed by atoms with Crippen molar-refractivity contribution >= 4 is 23.5 Å². The van der Waals surface area contributed by atoms with E-state index in [0.717, 1.165) is 57.4 Å². The van der Waals surface area contributed by atoms with Crippen LogP contribution in [0.5, 0.6) is 0 Å². The van der Waals surface area contributed by atoms with Crippen LogP contribution in [-0.4, -0.2) is 71.2 Å². The third kappa shape index (κ3) is 6.61. The van der Waals surface area contributed by atoms with Crippen LogP contribution in [0.15, 0.2) is 24.3 Å². The summed E-state index contributed by atoms with van der Waals surface area (Å²) in [5.74, 6) is 0.750. The largest absolute Gasteiger partial charge is 0.389 e. The number of carbonyl (C=O) groups is 2. The normalized spacial score (nSPS) is 27.6. The van der Waals surface area contributed by atoms with Gasteiger partial charge in [0, 0.05) is 56.8 Å². The van der Waals surface area contributed by atoms with E-state index in [0.29, 0.717) is 35.9 Å². The fourth-order valence-electron chi connectivity index (χ4n) is 5.83. The van der Waals surface area contributed by atoms with Crippen molar-refractivity contribution in [2.24, 2.45) is 11.3 Å². The molecule has 8 heteroatoms. The number of hydrogen-bond acceptors (Lipinski definition) is 4. The van der Waals surface area contributed by atoms with Gasteiger partial charge in [0.1, 0.15) is 0 Å². The van der Waals surface area contributed by atoms with Crippen LogP contribution in [0, 0.1) is 11.3 Å². The van der Waals surface area contributed by atoms with Crippen LogP contribution in [0.25, 0.3) is 0 Å². The van der Waals surface area contributed by atoms with Crippen molar-refractivity contribution in [1.29, 1.82) is 0 Å². The molecule has 1 aliphatic heterocycles. The van der Waals surface area contributed by atoms with Crippen molar-refractivity contribution in [2.75, 3.05) is 32.7 Å². The Bertz CT molecular complexity index is 832. The van der Waals surface area contributed by atoms with E-state index in [1.54, 1.807) is 0 Å². The molecule has 3 amide bonds. The number of halogens is 1. The van der Waals surface area contributed by atoms with Crippen LogP contribution in [-0.2, 0) is 11.3 Å². The van der Waals surface area contributed by atoms with Gasteiger partial charge in [-0.05, 0) is 68.6 Å². The molecular weight excluding hydrogens is 440 g/mol. The third-order valence-electron chi connectivity index (χ3n) is 7.30. The molecule has 1 aromatic carbocycles. The summed E-state index contributed by atoms with van der Waals surface area (Å²) in [7, 11) is 0. The number of piperazine rings is 1. The summed E-state index contributed by atoms with van der Waals surface area (Å²) in [6, 6.07) is 7.57. The molecule has 1 saturated heterocycles. The maximum atomic E-state index is 12.7. The van der Waals surface area contributed by atoms with E-state index < -0.39 is 5.60 Å². The highest BCUT2D eigenvalue weighted by molar-refractivity contribution is 6.30. The number of nitrogens with one attached hydrogen (secondary N) is 2. The van der Waals surface area contributed by atoms with E-state index in [1.165, 1.54) is 0 Å². The van der Waals surface area contributed by atoms with Crippen molar-refractivity contribution in [3.8, 4) is 0 Å². The van der Waals surface area contributed by atoms with Gasteiger partial charge in [-0.1, -0.05) is 23.7 Å². The Kier molecular flexibility index (Phi) is 7.22. The van der Waals surface area contributed by atoms with Crippen molar-refractivity contribution < 1.29 is 14.7 Å². The first kappa shape index (κ1) is 24.3. The van der Waals surface area contributed by atoms with Gasteiger partial charge in [-0.25, -0.2) is 4.79 Å². The van der Waals surface area contributed by atoms with Gasteiger partial charge >= 0.3 is 6.03 Å². The second-order valence-electron chi connectivity index (χ2n) is 11.0. The zero-order valence-electron chi connectivity index (χ0n) is 19.8. The summed E-state index contributed by atoms with van der Waals surface area (Å²) in [5.41, 5.74) is 0.661. The van der Waals surface area contributed by atoms with Crippen LogP contribution < -0.4 is 10.6 Å². The lowest BCUT2D eigenvalue weighted by Gasteiger charge is -2.58. The number of nitrogens with zero attached hydrogens (tertiary/aromatic N) is 2. The molecule has 3 fully saturated rings. The fourth-order valence-corrected chi connectivity index (χ4v) is 5.96. The van der Waals surface area contributed by atoms with Gasteiger partial charge in [0.05, 0.1) is 5.60 Å². The lowest BCUT2D eigenvalue weighted by atomic mass is 9.49. The summed E-state index contributed by atoms with van der Waals surface area (Å²) in [6.07, 6.45) is 4.88. The van der Waals surface area contributed by atoms with E-state index >= 15 is 0 Å². The molecule has 0 aromatic heterocycles. The van der Waals surface area contributed by atoms with Crippen LogP contribution in [0.2, 0.25) is 5.02 Å². The highest BCUT2D eigenvalue weighted by atomic mass is 35.5. The molecule has 7 nitrogen and oxygen atoms in total. The smallest absolute Gasteiger partial charge is 0.315 e. The quantitative estimate of drug-likeness (QED) is 0.564. The number of β-amino-alcohol motifs (C(OH)–C–C–N with tert-alkyl or cyclic N) is 1. The predicted molar refractivity (Wildman–Crippen MR) is 129 cm³/mol. The van der Waals surface area contributed by atoms with Crippen LogP contribution in [0.4, 0.5) is 4.79 Å². The molecule has 4 rings (SSSR count). The second-order valence-corrected chi connectivity index (χ2v) is 11.4. The topological polar surface area (TPSA) is 84.9 Å². The SMILES string of the molecule is CC(C)(O)CN1CCN(C(=O)CC2CC3(C2)CC(NC(=O)NCc2ccc(Cl)cc2)C3)CC1. The minimum absolute atomic E-state index is 0.125. The molecule has 2 saturated carbocycles. The molecule has 0 radical (unpaired) electrons. The highest BCUT2D eigenvalue weighted by Gasteiger charge is 2.53. The Hall–Kier alpha value is -1.83. The minimum atomic E-state index is -0.695. The lowest BCUT2D eigenvalue weighted by molar-refractivity contribution is -0.138. The van der Waals surface area contributed by atoms with Crippen molar-refractivity contribution in [3.63, 3.8) is 0 Å². The number of urea groups is 1. The first-order valence-corrected chi connectivity index (χ1v) is 12.5. The van der Waals surface area contributed by atoms with Gasteiger partial charge in [0.2, 0.25) is 5.91 Å². The molecule has 3 aliphatic rings. The zero-order valence-corrected chi connectivity index (χ0v) is 20.5. The predicted octanol–water partition coefficient (Wildman–Crippen LogP) is 3.00. The van der Waals surface area contributed by atoms with Gasteiger partial charge < -0.3 is 20.6 Å². The van der Waals surface area contributed by atoms with E-state index in [9.17, 15) is 14.7 Å².